The van der Waals surface area contributed by atoms with Gasteiger partial charge in [0, 0.05) is 25.7 Å². The SMILES string of the molecule is CCn1c(N2CCOCC2)c(C(N)=O)c(=O)c2nc(NC3Cc4ccccc4C3)ccc21. The molecule has 0 spiro atoms. The number of carbonyl (C=O) groups is 1. The van der Waals surface area contributed by atoms with E-state index in [1.165, 1.54) is 11.1 Å². The molecule has 1 aliphatic heterocycles. The number of nitrogens with zero attached hydrogens (tertiary/aromatic N) is 3. The van der Waals surface area contributed by atoms with Gasteiger partial charge in [-0.25, -0.2) is 4.98 Å². The van der Waals surface area contributed by atoms with Crippen molar-refractivity contribution in [3.8, 4) is 0 Å². The van der Waals surface area contributed by atoms with Crippen LogP contribution in [-0.2, 0) is 24.1 Å². The summed E-state index contributed by atoms with van der Waals surface area (Å²) in [5.41, 5.74) is 8.92. The summed E-state index contributed by atoms with van der Waals surface area (Å²) >= 11 is 0. The molecule has 0 radical (unpaired) electrons. The van der Waals surface area contributed by atoms with Gasteiger partial charge in [-0.15, -0.1) is 0 Å². The first-order chi connectivity index (χ1) is 15.6. The normalized spacial score (nSPS) is 16.3. The van der Waals surface area contributed by atoms with E-state index in [4.69, 9.17) is 10.5 Å². The van der Waals surface area contributed by atoms with Crippen molar-refractivity contribution in [2.45, 2.75) is 32.4 Å². The standard InChI is InChI=1S/C24H27N5O3/c1-2-29-18-7-8-19(26-17-13-15-5-3-4-6-16(15)14-17)27-21(18)22(30)20(23(25)31)24(29)28-9-11-32-12-10-28/h3-8,17H,2,9-14H2,1H3,(H2,25,31)(H,26,27). The molecule has 32 heavy (non-hydrogen) atoms. The topological polar surface area (TPSA) is 102 Å². The molecule has 8 heteroatoms. The number of aryl methyl sites for hydroxylation is 1. The number of pyridine rings is 2. The molecule has 2 aliphatic rings. The van der Waals surface area contributed by atoms with Gasteiger partial charge >= 0.3 is 0 Å². The highest BCUT2D eigenvalue weighted by atomic mass is 16.5. The number of anilines is 2. The molecule has 1 amide bonds. The predicted molar refractivity (Wildman–Crippen MR) is 124 cm³/mol. The zero-order chi connectivity index (χ0) is 22.2. The number of hydrogen-bond acceptors (Lipinski definition) is 6. The Morgan fingerprint density at radius 2 is 1.84 bits per heavy atom. The molecular formula is C24H27N5O3. The molecule has 166 valence electrons. The molecule has 0 saturated carbocycles. The van der Waals surface area contributed by atoms with Crippen LogP contribution in [0.15, 0.2) is 41.2 Å². The number of morpholine rings is 1. The van der Waals surface area contributed by atoms with Crippen LogP contribution in [0.5, 0.6) is 0 Å². The van der Waals surface area contributed by atoms with Crippen molar-refractivity contribution in [1.29, 1.82) is 0 Å². The third kappa shape index (κ3) is 3.50. The maximum atomic E-state index is 13.4. The van der Waals surface area contributed by atoms with Crippen molar-refractivity contribution in [1.82, 2.24) is 9.55 Å². The lowest BCUT2D eigenvalue weighted by Gasteiger charge is -2.32. The monoisotopic (exact) mass is 433 g/mol. The number of rotatable bonds is 5. The fraction of sp³-hybridized carbons (Fsp3) is 0.375. The number of amides is 1. The van der Waals surface area contributed by atoms with Gasteiger partial charge in [0.15, 0.2) is 0 Å². The van der Waals surface area contributed by atoms with Gasteiger partial charge in [-0.3, -0.25) is 9.59 Å². The highest BCUT2D eigenvalue weighted by molar-refractivity contribution is 6.01. The summed E-state index contributed by atoms with van der Waals surface area (Å²) in [6, 6.07) is 12.4. The van der Waals surface area contributed by atoms with E-state index in [-0.39, 0.29) is 17.1 Å². The van der Waals surface area contributed by atoms with Gasteiger partial charge in [0.1, 0.15) is 22.7 Å². The lowest BCUT2D eigenvalue weighted by Crippen LogP contribution is -2.41. The molecular weight excluding hydrogens is 406 g/mol. The molecule has 0 bridgehead atoms. The highest BCUT2D eigenvalue weighted by Gasteiger charge is 2.27. The van der Waals surface area contributed by atoms with Crippen LogP contribution in [-0.4, -0.2) is 47.8 Å². The van der Waals surface area contributed by atoms with E-state index in [1.54, 1.807) is 0 Å². The van der Waals surface area contributed by atoms with E-state index in [0.717, 1.165) is 12.8 Å². The molecule has 3 heterocycles. The Bertz CT molecular complexity index is 1220. The number of primary amides is 1. The van der Waals surface area contributed by atoms with Crippen LogP contribution in [0.4, 0.5) is 11.6 Å². The number of benzene rings is 1. The van der Waals surface area contributed by atoms with Crippen molar-refractivity contribution in [3.63, 3.8) is 0 Å². The summed E-state index contributed by atoms with van der Waals surface area (Å²) in [7, 11) is 0. The molecule has 1 aromatic carbocycles. The fourth-order valence-corrected chi connectivity index (χ4v) is 4.90. The van der Waals surface area contributed by atoms with Gasteiger partial charge in [-0.2, -0.15) is 0 Å². The average Bonchev–Trinajstić information content (AvgIpc) is 3.21. The first-order valence-electron chi connectivity index (χ1n) is 11.1. The Balaban J connectivity index is 1.57. The Kier molecular flexibility index (Phi) is 5.30. The molecule has 5 rings (SSSR count). The van der Waals surface area contributed by atoms with E-state index in [9.17, 15) is 9.59 Å². The number of carbonyl (C=O) groups excluding carboxylic acids is 1. The first kappa shape index (κ1) is 20.5. The van der Waals surface area contributed by atoms with E-state index >= 15 is 0 Å². The van der Waals surface area contributed by atoms with Crippen LogP contribution in [0, 0.1) is 0 Å². The fourth-order valence-electron chi connectivity index (χ4n) is 4.90. The molecule has 0 unspecified atom stereocenters. The maximum Gasteiger partial charge on any atom is 0.256 e. The Morgan fingerprint density at radius 1 is 1.16 bits per heavy atom. The van der Waals surface area contributed by atoms with Crippen LogP contribution < -0.4 is 21.4 Å². The van der Waals surface area contributed by atoms with E-state index in [2.05, 4.69) is 34.6 Å². The number of aromatic nitrogens is 2. The molecule has 1 aliphatic carbocycles. The summed E-state index contributed by atoms with van der Waals surface area (Å²) in [5.74, 6) is 0.464. The number of hydrogen-bond donors (Lipinski definition) is 2. The first-order valence-corrected chi connectivity index (χ1v) is 11.1. The van der Waals surface area contributed by atoms with Crippen LogP contribution in [0.25, 0.3) is 11.0 Å². The second kappa shape index (κ2) is 8.27. The second-order valence-electron chi connectivity index (χ2n) is 8.32. The van der Waals surface area contributed by atoms with Crippen molar-refractivity contribution >= 4 is 28.6 Å². The lowest BCUT2D eigenvalue weighted by atomic mass is 10.1. The second-order valence-corrected chi connectivity index (χ2v) is 8.32. The molecule has 1 saturated heterocycles. The van der Waals surface area contributed by atoms with Crippen molar-refractivity contribution in [2.24, 2.45) is 5.73 Å². The molecule has 3 N–H and O–H groups in total. The van der Waals surface area contributed by atoms with Crippen LogP contribution >= 0.6 is 0 Å². The van der Waals surface area contributed by atoms with Crippen LogP contribution in [0.1, 0.15) is 28.4 Å². The van der Waals surface area contributed by atoms with Gasteiger partial charge in [0.25, 0.3) is 5.91 Å². The van der Waals surface area contributed by atoms with E-state index in [1.807, 2.05) is 28.5 Å². The Morgan fingerprint density at radius 3 is 2.47 bits per heavy atom. The van der Waals surface area contributed by atoms with Crippen LogP contribution in [0.3, 0.4) is 0 Å². The zero-order valence-corrected chi connectivity index (χ0v) is 18.1. The number of ether oxygens (including phenoxy) is 1. The summed E-state index contributed by atoms with van der Waals surface area (Å²) in [6.07, 6.45) is 1.83. The van der Waals surface area contributed by atoms with Gasteiger partial charge in [0.2, 0.25) is 5.43 Å². The van der Waals surface area contributed by atoms with Crippen molar-refractivity contribution in [3.05, 3.63) is 63.3 Å². The van der Waals surface area contributed by atoms with Gasteiger partial charge in [0.05, 0.1) is 18.7 Å². The molecule has 8 nitrogen and oxygen atoms in total. The lowest BCUT2D eigenvalue weighted by molar-refractivity contribution is 0.0996. The molecule has 3 aromatic rings. The summed E-state index contributed by atoms with van der Waals surface area (Å²) in [5, 5.41) is 3.47. The highest BCUT2D eigenvalue weighted by Crippen LogP contribution is 2.27. The Hall–Kier alpha value is -3.39. The third-order valence-corrected chi connectivity index (χ3v) is 6.36. The van der Waals surface area contributed by atoms with Gasteiger partial charge in [-0.05, 0) is 43.0 Å². The summed E-state index contributed by atoms with van der Waals surface area (Å²) in [4.78, 5) is 32.5. The minimum Gasteiger partial charge on any atom is -0.378 e. The smallest absolute Gasteiger partial charge is 0.256 e. The number of nitrogens with one attached hydrogen (secondary N) is 1. The van der Waals surface area contributed by atoms with Crippen molar-refractivity contribution < 1.29 is 9.53 Å². The average molecular weight is 434 g/mol. The summed E-state index contributed by atoms with van der Waals surface area (Å²) in [6.45, 7) is 4.84. The molecule has 0 atom stereocenters. The predicted octanol–water partition coefficient (Wildman–Crippen LogP) is 1.93. The third-order valence-electron chi connectivity index (χ3n) is 6.36. The van der Waals surface area contributed by atoms with Gasteiger partial charge < -0.3 is 25.3 Å². The van der Waals surface area contributed by atoms with Gasteiger partial charge in [-0.1, -0.05) is 24.3 Å². The van der Waals surface area contributed by atoms with Crippen LogP contribution in [0.2, 0.25) is 0 Å². The number of nitrogens with two attached hydrogens (primary N) is 1. The molecule has 1 fully saturated rings. The number of fused-ring (bicyclic) bond motifs is 2. The Labute approximate surface area is 186 Å². The van der Waals surface area contributed by atoms with E-state index in [0.29, 0.717) is 50.0 Å². The maximum absolute atomic E-state index is 13.4. The quantitative estimate of drug-likeness (QED) is 0.638. The minimum absolute atomic E-state index is 0.000767. The minimum atomic E-state index is -0.730. The molecule has 2 aromatic heterocycles. The largest absolute Gasteiger partial charge is 0.378 e. The van der Waals surface area contributed by atoms with E-state index < -0.39 is 11.3 Å². The van der Waals surface area contributed by atoms with Crippen molar-refractivity contribution in [2.75, 3.05) is 36.5 Å². The summed E-state index contributed by atoms with van der Waals surface area (Å²) < 4.78 is 7.41. The zero-order valence-electron chi connectivity index (χ0n) is 18.1.